The Bertz CT molecular complexity index is 482. The number of amidine groups is 1. The molecule has 0 aromatic heterocycles. The molecule has 0 radical (unpaired) electrons. The average Bonchev–Trinajstić information content (AvgIpc) is 2.46. The fourth-order valence-corrected chi connectivity index (χ4v) is 3.69. The summed E-state index contributed by atoms with van der Waals surface area (Å²) in [4.78, 5) is 3.49. The SMILES string of the molecule is CCSc1cccc(N2CCCCCCC2)c1/C(N)=N/O. The fourth-order valence-electron chi connectivity index (χ4n) is 2.85. The summed E-state index contributed by atoms with van der Waals surface area (Å²) in [5, 5.41) is 12.4. The van der Waals surface area contributed by atoms with Crippen molar-refractivity contribution in [2.45, 2.75) is 43.9 Å². The zero-order valence-electron chi connectivity index (χ0n) is 12.7. The Balaban J connectivity index is 2.38. The molecule has 0 atom stereocenters. The van der Waals surface area contributed by atoms with E-state index in [0.29, 0.717) is 0 Å². The number of nitrogens with two attached hydrogens (primary N) is 1. The molecule has 1 saturated heterocycles. The molecule has 0 amide bonds. The van der Waals surface area contributed by atoms with Crippen molar-refractivity contribution in [3.05, 3.63) is 23.8 Å². The fraction of sp³-hybridized carbons (Fsp3) is 0.562. The number of thioether (sulfide) groups is 1. The van der Waals surface area contributed by atoms with Crippen LogP contribution in [0.1, 0.15) is 44.6 Å². The van der Waals surface area contributed by atoms with Crippen LogP contribution in [-0.2, 0) is 0 Å². The first-order valence-electron chi connectivity index (χ1n) is 7.76. The van der Waals surface area contributed by atoms with Crippen molar-refractivity contribution in [1.29, 1.82) is 0 Å². The first kappa shape index (κ1) is 16.0. The van der Waals surface area contributed by atoms with Gasteiger partial charge < -0.3 is 15.8 Å². The molecule has 0 aliphatic carbocycles. The van der Waals surface area contributed by atoms with Crippen LogP contribution >= 0.6 is 11.8 Å². The molecule has 1 aromatic rings. The predicted molar refractivity (Wildman–Crippen MR) is 90.6 cm³/mol. The minimum atomic E-state index is 0.212. The Labute approximate surface area is 131 Å². The maximum atomic E-state index is 9.14. The summed E-state index contributed by atoms with van der Waals surface area (Å²) in [7, 11) is 0. The maximum absolute atomic E-state index is 9.14. The molecule has 0 saturated carbocycles. The third kappa shape index (κ3) is 4.06. The topological polar surface area (TPSA) is 61.8 Å². The van der Waals surface area contributed by atoms with E-state index in [0.717, 1.165) is 35.0 Å². The van der Waals surface area contributed by atoms with Gasteiger partial charge >= 0.3 is 0 Å². The van der Waals surface area contributed by atoms with Crippen molar-refractivity contribution in [3.8, 4) is 0 Å². The number of nitrogens with zero attached hydrogens (tertiary/aromatic N) is 2. The van der Waals surface area contributed by atoms with Crippen LogP contribution in [-0.4, -0.2) is 29.9 Å². The van der Waals surface area contributed by atoms with Crippen molar-refractivity contribution in [1.82, 2.24) is 0 Å². The highest BCUT2D eigenvalue weighted by atomic mass is 32.2. The second-order valence-electron chi connectivity index (χ2n) is 5.32. The first-order valence-corrected chi connectivity index (χ1v) is 8.75. The van der Waals surface area contributed by atoms with Crippen molar-refractivity contribution in [2.75, 3.05) is 23.7 Å². The molecule has 116 valence electrons. The zero-order chi connectivity index (χ0) is 15.1. The van der Waals surface area contributed by atoms with Crippen molar-refractivity contribution in [2.24, 2.45) is 10.9 Å². The minimum Gasteiger partial charge on any atom is -0.409 e. The van der Waals surface area contributed by atoms with Crippen molar-refractivity contribution in [3.63, 3.8) is 0 Å². The van der Waals surface area contributed by atoms with Gasteiger partial charge in [-0.25, -0.2) is 0 Å². The lowest BCUT2D eigenvalue weighted by molar-refractivity contribution is 0.318. The molecule has 2 rings (SSSR count). The summed E-state index contributed by atoms with van der Waals surface area (Å²) in [5.41, 5.74) is 7.95. The van der Waals surface area contributed by atoms with Gasteiger partial charge in [0.15, 0.2) is 5.84 Å². The first-order chi connectivity index (χ1) is 10.3. The summed E-state index contributed by atoms with van der Waals surface area (Å²) < 4.78 is 0. The zero-order valence-corrected chi connectivity index (χ0v) is 13.5. The van der Waals surface area contributed by atoms with E-state index in [-0.39, 0.29) is 5.84 Å². The van der Waals surface area contributed by atoms with Gasteiger partial charge in [-0.2, -0.15) is 0 Å². The van der Waals surface area contributed by atoms with Crippen LogP contribution in [0.4, 0.5) is 5.69 Å². The van der Waals surface area contributed by atoms with Crippen LogP contribution < -0.4 is 10.6 Å². The summed E-state index contributed by atoms with van der Waals surface area (Å²) in [6.45, 7) is 4.21. The summed E-state index contributed by atoms with van der Waals surface area (Å²) in [5.74, 6) is 1.18. The third-order valence-corrected chi connectivity index (χ3v) is 4.80. The molecule has 1 aromatic carbocycles. The summed E-state index contributed by atoms with van der Waals surface area (Å²) in [6.07, 6.45) is 6.34. The van der Waals surface area contributed by atoms with E-state index in [9.17, 15) is 0 Å². The van der Waals surface area contributed by atoms with Crippen molar-refractivity contribution >= 4 is 23.3 Å². The molecule has 1 fully saturated rings. The van der Waals surface area contributed by atoms with Gasteiger partial charge in [0.05, 0.1) is 5.56 Å². The van der Waals surface area contributed by atoms with E-state index in [2.05, 4.69) is 35.2 Å². The van der Waals surface area contributed by atoms with Gasteiger partial charge in [0, 0.05) is 23.7 Å². The van der Waals surface area contributed by atoms with Crippen LogP contribution in [0, 0.1) is 0 Å². The second-order valence-corrected chi connectivity index (χ2v) is 6.63. The standard InChI is InChI=1S/C16H25N3OS/c1-2-21-14-10-8-9-13(15(14)16(17)18-20)19-11-6-4-3-5-7-12-19/h8-10,20H,2-7,11-12H2,1H3,(H2,17,18). The Morgan fingerprint density at radius 2 is 1.90 bits per heavy atom. The predicted octanol–water partition coefficient (Wildman–Crippen LogP) is 3.66. The van der Waals surface area contributed by atoms with Gasteiger partial charge in [0.2, 0.25) is 0 Å². The molecule has 1 heterocycles. The van der Waals surface area contributed by atoms with E-state index in [1.807, 2.05) is 0 Å². The quantitative estimate of drug-likeness (QED) is 0.293. The van der Waals surface area contributed by atoms with Crippen LogP contribution in [0.3, 0.4) is 0 Å². The van der Waals surface area contributed by atoms with Crippen molar-refractivity contribution < 1.29 is 5.21 Å². The largest absolute Gasteiger partial charge is 0.409 e. The van der Waals surface area contributed by atoms with Gasteiger partial charge in [0.25, 0.3) is 0 Å². The number of anilines is 1. The molecule has 5 heteroatoms. The number of benzene rings is 1. The molecule has 0 unspecified atom stereocenters. The van der Waals surface area contributed by atoms with E-state index in [4.69, 9.17) is 10.9 Å². The smallest absolute Gasteiger partial charge is 0.173 e. The monoisotopic (exact) mass is 307 g/mol. The van der Waals surface area contributed by atoms with Crippen LogP contribution in [0.2, 0.25) is 0 Å². The van der Waals surface area contributed by atoms with E-state index < -0.39 is 0 Å². The van der Waals surface area contributed by atoms with E-state index >= 15 is 0 Å². The molecular weight excluding hydrogens is 282 g/mol. The molecule has 3 N–H and O–H groups in total. The van der Waals surface area contributed by atoms with E-state index in [1.54, 1.807) is 11.8 Å². The molecule has 0 spiro atoms. The molecule has 4 nitrogen and oxygen atoms in total. The van der Waals surface area contributed by atoms with E-state index in [1.165, 1.54) is 32.1 Å². The van der Waals surface area contributed by atoms with Gasteiger partial charge in [-0.15, -0.1) is 11.8 Å². The number of oxime groups is 1. The molecule has 0 bridgehead atoms. The molecule has 21 heavy (non-hydrogen) atoms. The second kappa shape index (κ2) is 8.17. The van der Waals surface area contributed by atoms with Gasteiger partial charge in [0.1, 0.15) is 0 Å². The summed E-state index contributed by atoms with van der Waals surface area (Å²) >= 11 is 1.73. The lowest BCUT2D eigenvalue weighted by Gasteiger charge is -2.29. The molecular formula is C16H25N3OS. The van der Waals surface area contributed by atoms with Crippen LogP contribution in [0.5, 0.6) is 0 Å². The minimum absolute atomic E-state index is 0.212. The normalized spacial score (nSPS) is 17.4. The lowest BCUT2D eigenvalue weighted by Crippen LogP contribution is -2.30. The van der Waals surface area contributed by atoms with Gasteiger partial charge in [-0.3, -0.25) is 0 Å². The van der Waals surface area contributed by atoms with Crippen LogP contribution in [0.15, 0.2) is 28.3 Å². The molecule has 1 aliphatic heterocycles. The Hall–Kier alpha value is -1.36. The Kier molecular flexibility index (Phi) is 6.23. The maximum Gasteiger partial charge on any atom is 0.173 e. The number of hydrogen-bond acceptors (Lipinski definition) is 4. The third-order valence-electron chi connectivity index (χ3n) is 3.86. The molecule has 1 aliphatic rings. The number of hydrogen-bond donors (Lipinski definition) is 2. The highest BCUT2D eigenvalue weighted by molar-refractivity contribution is 7.99. The average molecular weight is 307 g/mol. The highest BCUT2D eigenvalue weighted by Crippen LogP contribution is 2.31. The lowest BCUT2D eigenvalue weighted by atomic mass is 10.1. The Morgan fingerprint density at radius 1 is 1.24 bits per heavy atom. The number of rotatable bonds is 4. The highest BCUT2D eigenvalue weighted by Gasteiger charge is 2.18. The Morgan fingerprint density at radius 3 is 2.52 bits per heavy atom. The summed E-state index contributed by atoms with van der Waals surface area (Å²) in [6, 6.07) is 6.21. The van der Waals surface area contributed by atoms with Crippen LogP contribution in [0.25, 0.3) is 0 Å². The van der Waals surface area contributed by atoms with Gasteiger partial charge in [-0.05, 0) is 30.7 Å². The van der Waals surface area contributed by atoms with Gasteiger partial charge in [-0.1, -0.05) is 37.4 Å².